The molecule has 5 aliphatic rings. The van der Waals surface area contributed by atoms with Crippen molar-refractivity contribution in [2.75, 3.05) is 40.4 Å². The molecule has 13 heteroatoms. The van der Waals surface area contributed by atoms with Gasteiger partial charge >= 0.3 is 19.1 Å². The monoisotopic (exact) mass is 713 g/mol. The number of benzene rings is 1. The Hall–Kier alpha value is -2.71. The van der Waals surface area contributed by atoms with E-state index in [2.05, 4.69) is 36.3 Å². The maximum atomic E-state index is 13.9. The molecule has 12 nitrogen and oxygen atoms in total. The number of ether oxygens (including phenoxy) is 4. The Labute approximate surface area is 304 Å². The summed E-state index contributed by atoms with van der Waals surface area (Å²) in [6.07, 6.45) is 2.76. The van der Waals surface area contributed by atoms with Crippen LogP contribution in [0.3, 0.4) is 0 Å². The van der Waals surface area contributed by atoms with Gasteiger partial charge in [-0.2, -0.15) is 0 Å². The predicted molar refractivity (Wildman–Crippen MR) is 193 cm³/mol. The summed E-state index contributed by atoms with van der Waals surface area (Å²) in [5, 5.41) is 6.54. The van der Waals surface area contributed by atoms with Crippen molar-refractivity contribution in [3.63, 3.8) is 0 Å². The van der Waals surface area contributed by atoms with Crippen LogP contribution in [0.5, 0.6) is 5.75 Å². The molecule has 2 aliphatic heterocycles. The molecule has 2 N–H and O–H groups in total. The summed E-state index contributed by atoms with van der Waals surface area (Å²) in [5.41, 5.74) is -0.473. The molecule has 0 radical (unpaired) electrons. The molecule has 2 bridgehead atoms. The normalized spacial score (nSPS) is 29.4. The molecular formula is C38H60BN3O9. The van der Waals surface area contributed by atoms with E-state index < -0.39 is 35.8 Å². The first-order chi connectivity index (χ1) is 23.7. The molecule has 2 saturated heterocycles. The second-order valence-electron chi connectivity index (χ2n) is 17.6. The van der Waals surface area contributed by atoms with E-state index in [-0.39, 0.29) is 48.6 Å². The number of nitrogens with one attached hydrogen (secondary N) is 2. The molecule has 3 saturated carbocycles. The number of esters is 2. The summed E-state index contributed by atoms with van der Waals surface area (Å²) in [7, 11) is 2.49. The fourth-order valence-electron chi connectivity index (χ4n) is 8.65. The number of likely N-dealkylation sites (tertiary alicyclic amines) is 1. The number of hydrogen-bond acceptors (Lipinski definition) is 11. The summed E-state index contributed by atoms with van der Waals surface area (Å²) in [5.74, 6) is -0.187. The molecule has 51 heavy (non-hydrogen) atoms. The summed E-state index contributed by atoms with van der Waals surface area (Å²) < 4.78 is 36.3. The zero-order valence-corrected chi connectivity index (χ0v) is 32.6. The zero-order chi connectivity index (χ0) is 37.5. The van der Waals surface area contributed by atoms with Crippen LogP contribution in [0.1, 0.15) is 97.5 Å². The first-order valence-electron chi connectivity index (χ1n) is 18.5. The van der Waals surface area contributed by atoms with Crippen molar-refractivity contribution in [3.05, 3.63) is 29.3 Å². The SMILES string of the molecule is COc1c(CC(NC(=O)CN2CCC(NCC(=O)OC(C)(C)C)C(OC)C2)B2OC3CC4CC(C4(C)C)C3(C)O2)cccc1C(=O)OC(C)(C)C. The minimum absolute atomic E-state index is 0.0563. The zero-order valence-electron chi connectivity index (χ0n) is 32.6. The Morgan fingerprint density at radius 2 is 1.75 bits per heavy atom. The number of methoxy groups -OCH3 is 2. The minimum Gasteiger partial charge on any atom is -0.496 e. The van der Waals surface area contributed by atoms with Gasteiger partial charge in [0.25, 0.3) is 0 Å². The molecule has 7 unspecified atom stereocenters. The third kappa shape index (κ3) is 8.92. The largest absolute Gasteiger partial charge is 0.496 e. The van der Waals surface area contributed by atoms with Crippen molar-refractivity contribution >= 4 is 25.0 Å². The third-order valence-corrected chi connectivity index (χ3v) is 11.2. The maximum absolute atomic E-state index is 13.9. The van der Waals surface area contributed by atoms with Gasteiger partial charge in [-0.05, 0) is 103 Å². The van der Waals surface area contributed by atoms with E-state index in [4.69, 9.17) is 28.3 Å². The Balaban J connectivity index is 1.30. The lowest BCUT2D eigenvalue weighted by molar-refractivity contribution is -0.199. The number of nitrogens with zero attached hydrogens (tertiary/aromatic N) is 1. The van der Waals surface area contributed by atoms with Gasteiger partial charge in [-0.15, -0.1) is 0 Å². The first-order valence-corrected chi connectivity index (χ1v) is 18.5. The number of carbonyl (C=O) groups excluding carboxylic acids is 3. The van der Waals surface area contributed by atoms with Crippen LogP contribution in [0.2, 0.25) is 0 Å². The highest BCUT2D eigenvalue weighted by Gasteiger charge is 2.68. The molecule has 0 aromatic heterocycles. The van der Waals surface area contributed by atoms with Gasteiger partial charge in [-0.3, -0.25) is 14.5 Å². The minimum atomic E-state index is -0.691. The van der Waals surface area contributed by atoms with Crippen LogP contribution in [-0.4, -0.2) is 111 Å². The lowest BCUT2D eigenvalue weighted by atomic mass is 9.43. The van der Waals surface area contributed by atoms with E-state index in [1.807, 2.05) is 47.6 Å². The van der Waals surface area contributed by atoms with Crippen LogP contribution < -0.4 is 15.4 Å². The molecule has 7 atom stereocenters. The summed E-state index contributed by atoms with van der Waals surface area (Å²) in [6, 6.07) is 5.33. The highest BCUT2D eigenvalue weighted by atomic mass is 16.7. The summed E-state index contributed by atoms with van der Waals surface area (Å²) in [4.78, 5) is 41.4. The lowest BCUT2D eigenvalue weighted by Gasteiger charge is -2.64. The van der Waals surface area contributed by atoms with Gasteiger partial charge in [0.05, 0.1) is 43.9 Å². The Bertz CT molecular complexity index is 1440. The smallest absolute Gasteiger partial charge is 0.482 e. The van der Waals surface area contributed by atoms with E-state index in [0.717, 1.165) is 18.4 Å². The molecule has 5 fully saturated rings. The molecule has 6 rings (SSSR count). The van der Waals surface area contributed by atoms with Gasteiger partial charge < -0.3 is 38.9 Å². The molecule has 1 amide bonds. The number of rotatable bonds is 12. The number of carbonyl (C=O) groups is 3. The predicted octanol–water partition coefficient (Wildman–Crippen LogP) is 3.97. The van der Waals surface area contributed by atoms with Crippen molar-refractivity contribution in [2.24, 2.45) is 17.3 Å². The average molecular weight is 714 g/mol. The topological polar surface area (TPSA) is 134 Å². The molecule has 2 heterocycles. The molecule has 1 aromatic carbocycles. The van der Waals surface area contributed by atoms with Gasteiger partial charge in [-0.1, -0.05) is 26.0 Å². The van der Waals surface area contributed by atoms with E-state index in [9.17, 15) is 14.4 Å². The molecule has 0 spiro atoms. The van der Waals surface area contributed by atoms with Crippen LogP contribution in [0.4, 0.5) is 0 Å². The molecular weight excluding hydrogens is 653 g/mol. The maximum Gasteiger partial charge on any atom is 0.482 e. The first kappa shape index (κ1) is 39.5. The van der Waals surface area contributed by atoms with Crippen molar-refractivity contribution in [3.8, 4) is 5.75 Å². The van der Waals surface area contributed by atoms with Crippen LogP contribution in [0, 0.1) is 17.3 Å². The van der Waals surface area contributed by atoms with Crippen LogP contribution in [-0.2, 0) is 39.5 Å². The third-order valence-electron chi connectivity index (χ3n) is 11.2. The summed E-state index contributed by atoms with van der Waals surface area (Å²) in [6.45, 7) is 19.2. The van der Waals surface area contributed by atoms with Gasteiger partial charge in [0, 0.05) is 26.2 Å². The van der Waals surface area contributed by atoms with Crippen LogP contribution >= 0.6 is 0 Å². The standard InChI is InChI=1S/C38H60BN3O9/c1-35(2,3)48-32(44)20-40-26-15-16-42(21-27(26)46-10)22-31(43)41-30(39-50-29-19-24-18-28(37(24,7)8)38(29,9)51-39)17-23-13-12-14-25(33(23)47-11)34(45)49-36(4,5)6/h12-14,24,26-30,40H,15-22H2,1-11H3,(H,41,43). The fraction of sp³-hybridized carbons (Fsp3) is 0.763. The fourth-order valence-corrected chi connectivity index (χ4v) is 8.65. The quantitative estimate of drug-likeness (QED) is 0.241. The van der Waals surface area contributed by atoms with Gasteiger partial charge in [-0.25, -0.2) is 4.79 Å². The van der Waals surface area contributed by atoms with Crippen molar-refractivity contribution in [1.29, 1.82) is 0 Å². The van der Waals surface area contributed by atoms with Crippen molar-refractivity contribution in [2.45, 2.75) is 129 Å². The molecule has 1 aromatic rings. The lowest BCUT2D eigenvalue weighted by Crippen LogP contribution is -2.65. The summed E-state index contributed by atoms with van der Waals surface area (Å²) >= 11 is 0. The van der Waals surface area contributed by atoms with E-state index >= 15 is 0 Å². The Morgan fingerprint density at radius 1 is 1.04 bits per heavy atom. The Morgan fingerprint density at radius 3 is 2.37 bits per heavy atom. The Kier molecular flexibility index (Phi) is 11.6. The second-order valence-corrected chi connectivity index (χ2v) is 17.6. The van der Waals surface area contributed by atoms with E-state index in [1.54, 1.807) is 19.2 Å². The van der Waals surface area contributed by atoms with Gasteiger partial charge in [0.15, 0.2) is 0 Å². The number of amides is 1. The van der Waals surface area contributed by atoms with E-state index in [1.165, 1.54) is 7.11 Å². The average Bonchev–Trinajstić information content (AvgIpc) is 3.39. The number of para-hydroxylation sites is 1. The van der Waals surface area contributed by atoms with Crippen LogP contribution in [0.25, 0.3) is 0 Å². The van der Waals surface area contributed by atoms with Crippen LogP contribution in [0.15, 0.2) is 18.2 Å². The van der Waals surface area contributed by atoms with Gasteiger partial charge in [0.2, 0.25) is 5.91 Å². The number of piperidine rings is 1. The molecule has 3 aliphatic carbocycles. The van der Waals surface area contributed by atoms with E-state index in [0.29, 0.717) is 49.1 Å². The van der Waals surface area contributed by atoms with Gasteiger partial charge in [0.1, 0.15) is 22.5 Å². The second kappa shape index (κ2) is 15.0. The van der Waals surface area contributed by atoms with Crippen molar-refractivity contribution in [1.82, 2.24) is 15.5 Å². The highest BCUT2D eigenvalue weighted by Crippen LogP contribution is 2.65. The number of hydrogen-bond donors (Lipinski definition) is 2. The molecule has 284 valence electrons. The highest BCUT2D eigenvalue weighted by molar-refractivity contribution is 6.48. The van der Waals surface area contributed by atoms with Crippen molar-refractivity contribution < 1.29 is 42.6 Å².